The predicted molar refractivity (Wildman–Crippen MR) is 108 cm³/mol. The third-order valence-corrected chi connectivity index (χ3v) is 4.74. The van der Waals surface area contributed by atoms with Gasteiger partial charge in [0.15, 0.2) is 0 Å². The second-order valence-corrected chi connectivity index (χ2v) is 6.61. The van der Waals surface area contributed by atoms with Crippen molar-refractivity contribution < 1.29 is 8.81 Å². The van der Waals surface area contributed by atoms with Crippen molar-refractivity contribution in [1.29, 1.82) is 0 Å². The van der Waals surface area contributed by atoms with Gasteiger partial charge in [-0.2, -0.15) is 4.39 Å². The second-order valence-electron chi connectivity index (χ2n) is 6.61. The Labute approximate surface area is 160 Å². The Hall–Kier alpha value is -3.73. The van der Waals surface area contributed by atoms with Crippen LogP contribution in [-0.4, -0.2) is 9.97 Å². The highest BCUT2D eigenvalue weighted by Gasteiger charge is 2.11. The summed E-state index contributed by atoms with van der Waals surface area (Å²) in [6.45, 7) is 0.571. The number of para-hydroxylation sites is 1. The van der Waals surface area contributed by atoms with Crippen LogP contribution >= 0.6 is 0 Å². The largest absolute Gasteiger partial charge is 0.456 e. The van der Waals surface area contributed by atoms with E-state index in [2.05, 4.69) is 21.4 Å². The maximum atomic E-state index is 13.3. The van der Waals surface area contributed by atoms with Crippen LogP contribution in [0.3, 0.4) is 0 Å². The van der Waals surface area contributed by atoms with Gasteiger partial charge < -0.3 is 9.73 Å². The average Bonchev–Trinajstić information content (AvgIpc) is 3.16. The number of benzene rings is 2. The number of fused-ring (bicyclic) bond motifs is 2. The van der Waals surface area contributed by atoms with Gasteiger partial charge in [-0.1, -0.05) is 30.3 Å². The van der Waals surface area contributed by atoms with E-state index in [0.29, 0.717) is 12.2 Å². The molecule has 0 spiro atoms. The highest BCUT2D eigenvalue weighted by atomic mass is 19.1. The lowest BCUT2D eigenvalue weighted by molar-refractivity contribution is 0.584. The third kappa shape index (κ3) is 3.07. The minimum Gasteiger partial charge on any atom is -0.456 e. The van der Waals surface area contributed by atoms with Crippen molar-refractivity contribution >= 4 is 27.4 Å². The molecule has 3 heterocycles. The Kier molecular flexibility index (Phi) is 3.98. The number of nitrogens with one attached hydrogen (secondary N) is 1. The van der Waals surface area contributed by atoms with E-state index in [-0.39, 0.29) is 0 Å². The highest BCUT2D eigenvalue weighted by Crippen LogP contribution is 2.32. The Balaban J connectivity index is 1.52. The zero-order valence-electron chi connectivity index (χ0n) is 14.9. The maximum Gasteiger partial charge on any atom is 0.214 e. The molecule has 2 aromatic carbocycles. The maximum absolute atomic E-state index is 13.3. The highest BCUT2D eigenvalue weighted by molar-refractivity contribution is 5.97. The molecule has 3 aromatic heterocycles. The fourth-order valence-corrected chi connectivity index (χ4v) is 3.35. The topological polar surface area (TPSA) is 51.0 Å². The normalized spacial score (nSPS) is 11.2. The summed E-state index contributed by atoms with van der Waals surface area (Å²) in [6, 6.07) is 19.3. The Morgan fingerprint density at radius 1 is 0.929 bits per heavy atom. The summed E-state index contributed by atoms with van der Waals surface area (Å²) in [5.74, 6) is 0.294. The fraction of sp³-hybridized carbons (Fsp3) is 0.0435. The summed E-state index contributed by atoms with van der Waals surface area (Å²) in [5, 5.41) is 6.39. The van der Waals surface area contributed by atoms with Crippen molar-refractivity contribution in [3.63, 3.8) is 0 Å². The van der Waals surface area contributed by atoms with E-state index >= 15 is 0 Å². The van der Waals surface area contributed by atoms with E-state index in [1.165, 1.54) is 12.3 Å². The first kappa shape index (κ1) is 16.4. The first-order chi connectivity index (χ1) is 13.8. The van der Waals surface area contributed by atoms with Crippen LogP contribution in [0.25, 0.3) is 33.1 Å². The van der Waals surface area contributed by atoms with E-state index in [4.69, 9.17) is 4.42 Å². The zero-order valence-corrected chi connectivity index (χ0v) is 14.9. The van der Waals surface area contributed by atoms with Gasteiger partial charge in [0.05, 0.1) is 0 Å². The van der Waals surface area contributed by atoms with Crippen molar-refractivity contribution in [3.8, 4) is 11.3 Å². The van der Waals surface area contributed by atoms with Crippen LogP contribution in [0.2, 0.25) is 0 Å². The number of anilines is 1. The fourth-order valence-electron chi connectivity index (χ4n) is 3.35. The van der Waals surface area contributed by atoms with Crippen molar-refractivity contribution in [2.75, 3.05) is 5.32 Å². The van der Waals surface area contributed by atoms with Gasteiger partial charge in [0.25, 0.3) is 0 Å². The van der Waals surface area contributed by atoms with Gasteiger partial charge >= 0.3 is 0 Å². The molecule has 0 unspecified atom stereocenters. The minimum absolute atomic E-state index is 0.498. The number of nitrogens with zero attached hydrogens (tertiary/aromatic N) is 2. The first-order valence-electron chi connectivity index (χ1n) is 8.97. The lowest BCUT2D eigenvalue weighted by atomic mass is 10.0. The molecular formula is C23H16FN3O. The van der Waals surface area contributed by atoms with Crippen molar-refractivity contribution in [2.45, 2.75) is 6.54 Å². The van der Waals surface area contributed by atoms with E-state index in [0.717, 1.165) is 38.6 Å². The van der Waals surface area contributed by atoms with Gasteiger partial charge in [0.2, 0.25) is 5.95 Å². The smallest absolute Gasteiger partial charge is 0.214 e. The molecule has 0 aliphatic heterocycles. The number of aromatic nitrogens is 2. The van der Waals surface area contributed by atoms with E-state index in [1.807, 2.05) is 54.9 Å². The molecular weight excluding hydrogens is 353 g/mol. The van der Waals surface area contributed by atoms with Crippen LogP contribution in [0.4, 0.5) is 10.1 Å². The van der Waals surface area contributed by atoms with Crippen molar-refractivity contribution in [2.24, 2.45) is 0 Å². The molecule has 5 heteroatoms. The SMILES string of the molecule is Fc1cc(NCc2ccc3cncc(-c4cc5ccccc5o4)c3c2)ccn1. The van der Waals surface area contributed by atoms with Gasteiger partial charge in [-0.3, -0.25) is 4.98 Å². The van der Waals surface area contributed by atoms with Crippen LogP contribution in [0, 0.1) is 5.95 Å². The number of halogens is 1. The molecule has 136 valence electrons. The molecule has 0 fully saturated rings. The van der Waals surface area contributed by atoms with Gasteiger partial charge in [0, 0.05) is 53.2 Å². The Bertz CT molecular complexity index is 1260. The number of hydrogen-bond acceptors (Lipinski definition) is 4. The predicted octanol–water partition coefficient (Wildman–Crippen LogP) is 5.79. The van der Waals surface area contributed by atoms with Gasteiger partial charge in [-0.15, -0.1) is 0 Å². The number of pyridine rings is 2. The molecule has 5 aromatic rings. The first-order valence-corrected chi connectivity index (χ1v) is 8.97. The lowest BCUT2D eigenvalue weighted by Gasteiger charge is -2.09. The molecule has 0 aliphatic rings. The van der Waals surface area contributed by atoms with Gasteiger partial charge in [0.1, 0.15) is 11.3 Å². The Morgan fingerprint density at radius 3 is 2.75 bits per heavy atom. The minimum atomic E-state index is -0.498. The Morgan fingerprint density at radius 2 is 1.86 bits per heavy atom. The lowest BCUT2D eigenvalue weighted by Crippen LogP contribution is -2.00. The van der Waals surface area contributed by atoms with Crippen LogP contribution in [0.5, 0.6) is 0 Å². The molecule has 0 saturated carbocycles. The number of furan rings is 1. The van der Waals surface area contributed by atoms with Crippen molar-refractivity contribution in [1.82, 2.24) is 9.97 Å². The molecule has 0 amide bonds. The summed E-state index contributed by atoms with van der Waals surface area (Å²) in [4.78, 5) is 7.94. The molecule has 4 nitrogen and oxygen atoms in total. The van der Waals surface area contributed by atoms with E-state index in [9.17, 15) is 4.39 Å². The van der Waals surface area contributed by atoms with Crippen LogP contribution < -0.4 is 5.32 Å². The average molecular weight is 369 g/mol. The summed E-state index contributed by atoms with van der Waals surface area (Å²) in [6.07, 6.45) is 5.12. The molecule has 5 rings (SSSR count). The van der Waals surface area contributed by atoms with E-state index in [1.54, 1.807) is 6.07 Å². The van der Waals surface area contributed by atoms with Gasteiger partial charge in [-0.25, -0.2) is 4.98 Å². The molecule has 1 N–H and O–H groups in total. The quantitative estimate of drug-likeness (QED) is 0.407. The zero-order chi connectivity index (χ0) is 18.9. The van der Waals surface area contributed by atoms with Crippen LogP contribution in [-0.2, 0) is 6.54 Å². The molecule has 0 radical (unpaired) electrons. The monoisotopic (exact) mass is 369 g/mol. The van der Waals surface area contributed by atoms with Gasteiger partial charge in [-0.05, 0) is 35.2 Å². The summed E-state index contributed by atoms with van der Waals surface area (Å²) in [7, 11) is 0. The molecule has 28 heavy (non-hydrogen) atoms. The van der Waals surface area contributed by atoms with Crippen molar-refractivity contribution in [3.05, 3.63) is 90.8 Å². The molecule has 0 saturated heterocycles. The third-order valence-electron chi connectivity index (χ3n) is 4.74. The second kappa shape index (κ2) is 6.78. The summed E-state index contributed by atoms with van der Waals surface area (Å²) < 4.78 is 19.3. The summed E-state index contributed by atoms with van der Waals surface area (Å²) >= 11 is 0. The van der Waals surface area contributed by atoms with Crippen LogP contribution in [0.15, 0.2) is 83.7 Å². The molecule has 0 bridgehead atoms. The molecule has 0 aliphatic carbocycles. The summed E-state index contributed by atoms with van der Waals surface area (Å²) in [5.41, 5.74) is 3.57. The van der Waals surface area contributed by atoms with E-state index < -0.39 is 5.95 Å². The molecule has 0 atom stereocenters. The number of hydrogen-bond donors (Lipinski definition) is 1. The van der Waals surface area contributed by atoms with Crippen LogP contribution in [0.1, 0.15) is 5.56 Å². The number of rotatable bonds is 4. The standard InChI is InChI=1S/C23H16FN3O/c24-23-11-18(7-8-26-23)27-12-15-5-6-17-13-25-14-20(19(17)9-15)22-10-16-3-1-2-4-21(16)28-22/h1-11,13-14H,12H2,(H,26,27).